The average molecular weight is 416 g/mol. The first-order valence-corrected chi connectivity index (χ1v) is 11.0. The van der Waals surface area contributed by atoms with Crippen molar-refractivity contribution in [2.45, 2.75) is 18.7 Å². The molecule has 0 bridgehead atoms. The highest BCUT2D eigenvalue weighted by atomic mass is 32.2. The van der Waals surface area contributed by atoms with Gasteiger partial charge in [0.05, 0.1) is 10.6 Å². The summed E-state index contributed by atoms with van der Waals surface area (Å²) in [7, 11) is -4.12. The van der Waals surface area contributed by atoms with Crippen LogP contribution in [0, 0.1) is 13.8 Å². The maximum absolute atomic E-state index is 13.7. The number of anilines is 1. The van der Waals surface area contributed by atoms with Crippen LogP contribution >= 0.6 is 0 Å². The first-order valence-electron chi connectivity index (χ1n) is 9.59. The van der Waals surface area contributed by atoms with E-state index in [1.165, 1.54) is 12.1 Å². The van der Waals surface area contributed by atoms with Gasteiger partial charge in [-0.15, -0.1) is 0 Å². The van der Waals surface area contributed by atoms with E-state index in [0.717, 1.165) is 20.8 Å². The Morgan fingerprint density at radius 1 is 0.700 bits per heavy atom. The van der Waals surface area contributed by atoms with Crippen LogP contribution in [0.25, 0.3) is 10.8 Å². The fraction of sp³-hybridized carbons (Fsp3) is 0.0800. The van der Waals surface area contributed by atoms with Crippen molar-refractivity contribution in [3.05, 3.63) is 108 Å². The molecule has 0 radical (unpaired) electrons. The highest BCUT2D eigenvalue weighted by Gasteiger charge is 2.32. The molecule has 0 spiro atoms. The molecule has 0 heterocycles. The smallest absolute Gasteiger partial charge is 0.268 e. The summed E-state index contributed by atoms with van der Waals surface area (Å²) in [6.45, 7) is 3.80. The fourth-order valence-electron chi connectivity index (χ4n) is 3.38. The SMILES string of the molecule is Cc1ccc(N(C(=O)c2cccc3ccccc23)S(=O)(=O)c2ccc(C)cc2)cc1. The molecule has 5 heteroatoms. The lowest BCUT2D eigenvalue weighted by Crippen LogP contribution is -2.37. The zero-order valence-corrected chi connectivity index (χ0v) is 17.6. The third-order valence-electron chi connectivity index (χ3n) is 5.03. The van der Waals surface area contributed by atoms with Gasteiger partial charge in [0, 0.05) is 5.56 Å². The van der Waals surface area contributed by atoms with Crippen LogP contribution in [-0.4, -0.2) is 14.3 Å². The van der Waals surface area contributed by atoms with E-state index < -0.39 is 15.9 Å². The number of hydrogen-bond acceptors (Lipinski definition) is 3. The van der Waals surface area contributed by atoms with Crippen molar-refractivity contribution >= 4 is 32.4 Å². The van der Waals surface area contributed by atoms with Gasteiger partial charge in [-0.3, -0.25) is 4.79 Å². The minimum Gasteiger partial charge on any atom is -0.268 e. The van der Waals surface area contributed by atoms with E-state index >= 15 is 0 Å². The van der Waals surface area contributed by atoms with Gasteiger partial charge in [0.25, 0.3) is 15.9 Å². The van der Waals surface area contributed by atoms with E-state index in [1.54, 1.807) is 48.5 Å². The number of hydrogen-bond donors (Lipinski definition) is 0. The standard InChI is InChI=1S/C25H21NO3S/c1-18-10-14-21(15-11-18)26(30(28,29)22-16-12-19(2)13-17-22)25(27)24-9-5-7-20-6-3-4-8-23(20)24/h3-17H,1-2H3. The van der Waals surface area contributed by atoms with Crippen LogP contribution in [0.4, 0.5) is 5.69 Å². The molecule has 0 aliphatic heterocycles. The lowest BCUT2D eigenvalue weighted by Gasteiger charge is -2.23. The van der Waals surface area contributed by atoms with Crippen LogP contribution in [0.1, 0.15) is 21.5 Å². The maximum atomic E-state index is 13.7. The number of fused-ring (bicyclic) bond motifs is 1. The molecule has 0 aliphatic rings. The first-order chi connectivity index (χ1) is 14.4. The van der Waals surface area contributed by atoms with E-state index in [2.05, 4.69) is 0 Å². The van der Waals surface area contributed by atoms with Gasteiger partial charge < -0.3 is 0 Å². The number of carbonyl (C=O) groups excluding carboxylic acids is 1. The molecule has 0 unspecified atom stereocenters. The molecule has 0 fully saturated rings. The van der Waals surface area contributed by atoms with Crippen molar-refractivity contribution in [2.24, 2.45) is 0 Å². The Hall–Kier alpha value is -3.44. The minimum atomic E-state index is -4.12. The number of benzene rings is 4. The largest absolute Gasteiger partial charge is 0.272 e. The number of sulfonamides is 1. The van der Waals surface area contributed by atoms with Gasteiger partial charge in [-0.05, 0) is 55.0 Å². The van der Waals surface area contributed by atoms with Crippen molar-refractivity contribution in [2.75, 3.05) is 4.31 Å². The summed E-state index contributed by atoms with van der Waals surface area (Å²) in [5.74, 6) is -0.587. The Balaban J connectivity index is 1.92. The highest BCUT2D eigenvalue weighted by Crippen LogP contribution is 2.29. The van der Waals surface area contributed by atoms with E-state index in [0.29, 0.717) is 16.6 Å². The summed E-state index contributed by atoms with van der Waals surface area (Å²) in [6.07, 6.45) is 0. The van der Waals surface area contributed by atoms with Gasteiger partial charge in [0.15, 0.2) is 0 Å². The predicted molar refractivity (Wildman–Crippen MR) is 120 cm³/mol. The molecule has 0 aromatic heterocycles. The van der Waals surface area contributed by atoms with E-state index in [1.807, 2.05) is 44.2 Å². The van der Waals surface area contributed by atoms with Gasteiger partial charge in [-0.25, -0.2) is 8.42 Å². The molecule has 4 aromatic carbocycles. The maximum Gasteiger partial charge on any atom is 0.272 e. The molecular formula is C25H21NO3S. The second kappa shape index (κ2) is 7.76. The fourth-order valence-corrected chi connectivity index (χ4v) is 4.79. The third-order valence-corrected chi connectivity index (χ3v) is 6.76. The lowest BCUT2D eigenvalue weighted by atomic mass is 10.0. The van der Waals surface area contributed by atoms with Gasteiger partial charge in [-0.2, -0.15) is 4.31 Å². The Bertz CT molecular complexity index is 1320. The average Bonchev–Trinajstić information content (AvgIpc) is 2.75. The zero-order chi connectivity index (χ0) is 21.3. The van der Waals surface area contributed by atoms with Crippen molar-refractivity contribution in [3.8, 4) is 0 Å². The molecule has 150 valence electrons. The highest BCUT2D eigenvalue weighted by molar-refractivity contribution is 7.93. The van der Waals surface area contributed by atoms with E-state index in [-0.39, 0.29) is 4.90 Å². The molecule has 4 nitrogen and oxygen atoms in total. The summed E-state index contributed by atoms with van der Waals surface area (Å²) >= 11 is 0. The van der Waals surface area contributed by atoms with Gasteiger partial charge >= 0.3 is 0 Å². The lowest BCUT2D eigenvalue weighted by molar-refractivity contribution is 0.101. The number of amides is 1. The predicted octanol–water partition coefficient (Wildman–Crippen LogP) is 5.49. The molecule has 0 atom stereocenters. The molecule has 30 heavy (non-hydrogen) atoms. The number of rotatable bonds is 4. The molecule has 0 aliphatic carbocycles. The summed E-state index contributed by atoms with van der Waals surface area (Å²) in [4.78, 5) is 13.7. The Labute approximate surface area is 176 Å². The normalized spacial score (nSPS) is 11.4. The van der Waals surface area contributed by atoms with E-state index in [9.17, 15) is 13.2 Å². The Morgan fingerprint density at radius 2 is 1.27 bits per heavy atom. The van der Waals surface area contributed by atoms with Crippen LogP contribution < -0.4 is 4.31 Å². The molecule has 1 amide bonds. The van der Waals surface area contributed by atoms with Crippen molar-refractivity contribution < 1.29 is 13.2 Å². The van der Waals surface area contributed by atoms with Crippen molar-refractivity contribution in [3.63, 3.8) is 0 Å². The summed E-state index contributed by atoms with van der Waals surface area (Å²) in [5, 5.41) is 1.58. The monoisotopic (exact) mass is 415 g/mol. The second-order valence-corrected chi connectivity index (χ2v) is 9.04. The van der Waals surface area contributed by atoms with Crippen LogP contribution in [0.2, 0.25) is 0 Å². The van der Waals surface area contributed by atoms with Gasteiger partial charge in [0.1, 0.15) is 0 Å². The first kappa shape index (κ1) is 19.9. The number of carbonyl (C=O) groups is 1. The zero-order valence-electron chi connectivity index (χ0n) is 16.7. The number of aryl methyl sites for hydroxylation is 2. The van der Waals surface area contributed by atoms with Crippen molar-refractivity contribution in [1.82, 2.24) is 0 Å². The Kier molecular flexibility index (Phi) is 5.14. The minimum absolute atomic E-state index is 0.0715. The van der Waals surface area contributed by atoms with Gasteiger partial charge in [0.2, 0.25) is 0 Å². The molecule has 0 saturated carbocycles. The molecule has 0 N–H and O–H groups in total. The number of nitrogens with zero attached hydrogens (tertiary/aromatic N) is 1. The molecule has 0 saturated heterocycles. The van der Waals surface area contributed by atoms with Crippen molar-refractivity contribution in [1.29, 1.82) is 0 Å². The summed E-state index contributed by atoms with van der Waals surface area (Å²) < 4.78 is 28.1. The summed E-state index contributed by atoms with van der Waals surface area (Å²) in [5.41, 5.74) is 2.56. The van der Waals surface area contributed by atoms with Crippen LogP contribution in [-0.2, 0) is 10.0 Å². The van der Waals surface area contributed by atoms with E-state index in [4.69, 9.17) is 0 Å². The second-order valence-electron chi connectivity index (χ2n) is 7.25. The third kappa shape index (κ3) is 3.60. The quantitative estimate of drug-likeness (QED) is 0.443. The Morgan fingerprint density at radius 3 is 1.93 bits per heavy atom. The van der Waals surface area contributed by atoms with Crippen LogP contribution in [0.15, 0.2) is 95.9 Å². The summed E-state index contributed by atoms with van der Waals surface area (Å²) in [6, 6.07) is 26.2. The van der Waals surface area contributed by atoms with Crippen LogP contribution in [0.5, 0.6) is 0 Å². The molecular weight excluding hydrogens is 394 g/mol. The molecule has 4 aromatic rings. The topological polar surface area (TPSA) is 54.5 Å². The van der Waals surface area contributed by atoms with Gasteiger partial charge in [-0.1, -0.05) is 71.8 Å². The molecule has 4 rings (SSSR count). The van der Waals surface area contributed by atoms with Crippen LogP contribution in [0.3, 0.4) is 0 Å².